The maximum atomic E-state index is 12.5. The van der Waals surface area contributed by atoms with Crippen molar-refractivity contribution in [3.63, 3.8) is 0 Å². The van der Waals surface area contributed by atoms with Gasteiger partial charge in [-0.1, -0.05) is 12.1 Å². The Labute approximate surface area is 117 Å². The molecular formula is C16H19NO3. The first-order valence-corrected chi connectivity index (χ1v) is 6.78. The molecule has 4 nitrogen and oxygen atoms in total. The van der Waals surface area contributed by atoms with Crippen LogP contribution < -0.4 is 5.43 Å². The second-order valence-corrected chi connectivity index (χ2v) is 5.27. The molecule has 0 aliphatic rings. The lowest BCUT2D eigenvalue weighted by Gasteiger charge is -2.21. The van der Waals surface area contributed by atoms with Crippen LogP contribution in [0.15, 0.2) is 29.1 Å². The van der Waals surface area contributed by atoms with E-state index in [-0.39, 0.29) is 24.3 Å². The lowest BCUT2D eigenvalue weighted by atomic mass is 10.0. The molecule has 0 aliphatic carbocycles. The number of rotatable bonds is 4. The third-order valence-corrected chi connectivity index (χ3v) is 3.59. The first-order chi connectivity index (χ1) is 9.43. The predicted molar refractivity (Wildman–Crippen MR) is 79.3 cm³/mol. The number of aliphatic carboxylic acids is 1. The molecule has 2 rings (SSSR count). The van der Waals surface area contributed by atoms with Gasteiger partial charge in [0, 0.05) is 29.1 Å². The minimum Gasteiger partial charge on any atom is -0.481 e. The summed E-state index contributed by atoms with van der Waals surface area (Å²) < 4.78 is 2.11. The monoisotopic (exact) mass is 273 g/mol. The molecule has 4 heteroatoms. The highest BCUT2D eigenvalue weighted by Gasteiger charge is 2.16. The maximum Gasteiger partial charge on any atom is 0.303 e. The van der Waals surface area contributed by atoms with Crippen molar-refractivity contribution in [3.8, 4) is 0 Å². The molecule has 106 valence electrons. The molecule has 20 heavy (non-hydrogen) atoms. The molecule has 1 aromatic heterocycles. The van der Waals surface area contributed by atoms with Gasteiger partial charge < -0.3 is 9.67 Å². The number of aromatic nitrogens is 1. The van der Waals surface area contributed by atoms with Gasteiger partial charge in [-0.2, -0.15) is 0 Å². The molecule has 1 heterocycles. The van der Waals surface area contributed by atoms with Gasteiger partial charge in [-0.05, 0) is 39.3 Å². The van der Waals surface area contributed by atoms with Crippen molar-refractivity contribution in [2.75, 3.05) is 0 Å². The standard InChI is InChI=1S/C16H19NO3/c1-10(2)17-11(3)12(8-9-15(18)19)16(20)13-6-4-5-7-14(13)17/h4-7,10H,8-9H2,1-3H3,(H,18,19). The zero-order valence-electron chi connectivity index (χ0n) is 12.0. The van der Waals surface area contributed by atoms with Crippen LogP contribution in [-0.2, 0) is 11.2 Å². The van der Waals surface area contributed by atoms with Gasteiger partial charge in [0.1, 0.15) is 0 Å². The van der Waals surface area contributed by atoms with Crippen LogP contribution in [-0.4, -0.2) is 15.6 Å². The van der Waals surface area contributed by atoms with Crippen molar-refractivity contribution in [1.82, 2.24) is 4.57 Å². The molecule has 0 fully saturated rings. The van der Waals surface area contributed by atoms with E-state index < -0.39 is 5.97 Å². The Morgan fingerprint density at radius 3 is 2.55 bits per heavy atom. The molecule has 0 amide bonds. The summed E-state index contributed by atoms with van der Waals surface area (Å²) >= 11 is 0. The summed E-state index contributed by atoms with van der Waals surface area (Å²) in [6, 6.07) is 7.70. The highest BCUT2D eigenvalue weighted by atomic mass is 16.4. The van der Waals surface area contributed by atoms with Crippen LogP contribution in [0.25, 0.3) is 10.9 Å². The van der Waals surface area contributed by atoms with Crippen molar-refractivity contribution < 1.29 is 9.90 Å². The molecule has 0 saturated heterocycles. The Balaban J connectivity index is 2.75. The number of pyridine rings is 1. The summed E-state index contributed by atoms with van der Waals surface area (Å²) in [5, 5.41) is 9.50. The van der Waals surface area contributed by atoms with Crippen LogP contribution in [0.3, 0.4) is 0 Å². The van der Waals surface area contributed by atoms with Crippen LogP contribution in [0.4, 0.5) is 0 Å². The quantitative estimate of drug-likeness (QED) is 0.931. The van der Waals surface area contributed by atoms with E-state index in [1.807, 2.05) is 25.1 Å². The first kappa shape index (κ1) is 14.3. The molecule has 0 bridgehead atoms. The van der Waals surface area contributed by atoms with Gasteiger partial charge in [-0.15, -0.1) is 0 Å². The van der Waals surface area contributed by atoms with Crippen LogP contribution in [0.2, 0.25) is 0 Å². The van der Waals surface area contributed by atoms with E-state index in [9.17, 15) is 9.59 Å². The summed E-state index contributed by atoms with van der Waals surface area (Å²) in [5.41, 5.74) is 2.34. The second kappa shape index (κ2) is 5.49. The highest BCUT2D eigenvalue weighted by Crippen LogP contribution is 2.21. The normalized spacial score (nSPS) is 11.2. The van der Waals surface area contributed by atoms with E-state index in [0.29, 0.717) is 10.9 Å². The number of carboxylic acids is 1. The van der Waals surface area contributed by atoms with Crippen LogP contribution in [0, 0.1) is 6.92 Å². The van der Waals surface area contributed by atoms with Crippen LogP contribution in [0.5, 0.6) is 0 Å². The lowest BCUT2D eigenvalue weighted by molar-refractivity contribution is -0.136. The van der Waals surface area contributed by atoms with Gasteiger partial charge in [0.05, 0.1) is 5.52 Å². The number of hydrogen-bond donors (Lipinski definition) is 1. The minimum atomic E-state index is -0.881. The molecule has 0 unspecified atom stereocenters. The summed E-state index contributed by atoms with van der Waals surface area (Å²) in [6.07, 6.45) is 0.254. The molecule has 0 spiro atoms. The Hall–Kier alpha value is -2.10. The number of fused-ring (bicyclic) bond motifs is 1. The Bertz CT molecular complexity index is 713. The van der Waals surface area contributed by atoms with Gasteiger partial charge in [0.15, 0.2) is 5.43 Å². The van der Waals surface area contributed by atoms with Crippen molar-refractivity contribution in [2.45, 2.75) is 39.7 Å². The van der Waals surface area contributed by atoms with E-state index in [0.717, 1.165) is 11.2 Å². The van der Waals surface area contributed by atoms with E-state index in [1.54, 1.807) is 6.07 Å². The van der Waals surface area contributed by atoms with Crippen molar-refractivity contribution >= 4 is 16.9 Å². The first-order valence-electron chi connectivity index (χ1n) is 6.78. The lowest BCUT2D eigenvalue weighted by Crippen LogP contribution is -2.20. The largest absolute Gasteiger partial charge is 0.481 e. The van der Waals surface area contributed by atoms with E-state index in [2.05, 4.69) is 18.4 Å². The Morgan fingerprint density at radius 2 is 1.95 bits per heavy atom. The topological polar surface area (TPSA) is 59.3 Å². The fourth-order valence-electron chi connectivity index (χ4n) is 2.72. The summed E-state index contributed by atoms with van der Waals surface area (Å²) in [5.74, 6) is -0.881. The number of benzene rings is 1. The third-order valence-electron chi connectivity index (χ3n) is 3.59. The molecule has 1 N–H and O–H groups in total. The van der Waals surface area contributed by atoms with Crippen molar-refractivity contribution in [1.29, 1.82) is 0 Å². The van der Waals surface area contributed by atoms with E-state index in [4.69, 9.17) is 5.11 Å². The minimum absolute atomic E-state index is 0.0213. The number of carboxylic acid groups (broad SMARTS) is 1. The maximum absolute atomic E-state index is 12.5. The van der Waals surface area contributed by atoms with Gasteiger partial charge in [-0.25, -0.2) is 0 Å². The van der Waals surface area contributed by atoms with E-state index >= 15 is 0 Å². The molecule has 2 aromatic rings. The average molecular weight is 273 g/mol. The van der Waals surface area contributed by atoms with E-state index in [1.165, 1.54) is 0 Å². The molecular weight excluding hydrogens is 254 g/mol. The van der Waals surface area contributed by atoms with Gasteiger partial charge in [0.25, 0.3) is 0 Å². The average Bonchev–Trinajstić information content (AvgIpc) is 2.38. The molecule has 0 atom stereocenters. The van der Waals surface area contributed by atoms with Crippen molar-refractivity contribution in [2.24, 2.45) is 0 Å². The number of carbonyl (C=O) groups is 1. The number of hydrogen-bond acceptors (Lipinski definition) is 2. The SMILES string of the molecule is Cc1c(CCC(=O)O)c(=O)c2ccccc2n1C(C)C. The Morgan fingerprint density at radius 1 is 1.30 bits per heavy atom. The number of nitrogens with zero attached hydrogens (tertiary/aromatic N) is 1. The summed E-state index contributed by atoms with van der Waals surface area (Å²) in [6.45, 7) is 6.01. The van der Waals surface area contributed by atoms with Crippen molar-refractivity contribution in [3.05, 3.63) is 45.7 Å². The van der Waals surface area contributed by atoms with Crippen LogP contribution in [0.1, 0.15) is 37.6 Å². The highest BCUT2D eigenvalue weighted by molar-refractivity contribution is 5.80. The Kier molecular flexibility index (Phi) is 3.93. The summed E-state index contributed by atoms with van der Waals surface area (Å²) in [7, 11) is 0. The number of para-hydroxylation sites is 1. The third kappa shape index (κ3) is 2.46. The van der Waals surface area contributed by atoms with Gasteiger partial charge >= 0.3 is 5.97 Å². The zero-order chi connectivity index (χ0) is 14.9. The second-order valence-electron chi connectivity index (χ2n) is 5.27. The smallest absolute Gasteiger partial charge is 0.303 e. The fraction of sp³-hybridized carbons (Fsp3) is 0.375. The fourth-order valence-corrected chi connectivity index (χ4v) is 2.72. The predicted octanol–water partition coefficient (Wildman–Crippen LogP) is 2.91. The molecule has 0 aliphatic heterocycles. The van der Waals surface area contributed by atoms with Gasteiger partial charge in [0.2, 0.25) is 0 Å². The van der Waals surface area contributed by atoms with Crippen LogP contribution >= 0.6 is 0 Å². The molecule has 1 aromatic carbocycles. The molecule has 0 radical (unpaired) electrons. The molecule has 0 saturated carbocycles. The zero-order valence-corrected chi connectivity index (χ0v) is 12.0. The van der Waals surface area contributed by atoms with Gasteiger partial charge in [-0.3, -0.25) is 9.59 Å². The summed E-state index contributed by atoms with van der Waals surface area (Å²) in [4.78, 5) is 23.3.